The van der Waals surface area contributed by atoms with E-state index < -0.39 is 0 Å². The van der Waals surface area contributed by atoms with Crippen molar-refractivity contribution in [3.05, 3.63) is 40.6 Å². The molecule has 106 valence electrons. The molecule has 0 unspecified atom stereocenters. The highest BCUT2D eigenvalue weighted by molar-refractivity contribution is 5.64. The molecular weight excluding hydrogens is 246 g/mol. The van der Waals surface area contributed by atoms with Gasteiger partial charge in [0.2, 0.25) is 0 Å². The van der Waals surface area contributed by atoms with Crippen LogP contribution in [0.1, 0.15) is 42.1 Å². The smallest absolute Gasteiger partial charge is 0.162 e. The van der Waals surface area contributed by atoms with Crippen molar-refractivity contribution >= 4 is 5.82 Å². The van der Waals surface area contributed by atoms with Crippen LogP contribution in [0.5, 0.6) is 0 Å². The Kier molecular flexibility index (Phi) is 4.07. The van der Waals surface area contributed by atoms with Crippen LogP contribution in [0.2, 0.25) is 0 Å². The Hall–Kier alpha value is -1.90. The summed E-state index contributed by atoms with van der Waals surface area (Å²) in [7, 11) is 1.89. The van der Waals surface area contributed by atoms with Crippen LogP contribution >= 0.6 is 0 Å². The molecule has 3 heteroatoms. The molecule has 1 heterocycles. The van der Waals surface area contributed by atoms with Crippen molar-refractivity contribution in [2.24, 2.45) is 0 Å². The number of nitrogens with one attached hydrogen (secondary N) is 1. The summed E-state index contributed by atoms with van der Waals surface area (Å²) in [5.74, 6) is 2.06. The second kappa shape index (κ2) is 5.61. The molecule has 2 aromatic rings. The monoisotopic (exact) mass is 269 g/mol. The maximum Gasteiger partial charge on any atom is 0.162 e. The SMILES string of the molecule is CNc1cc(C(C)C)nc(-c2cc(C)c(C)cc2C)n1. The number of nitrogens with zero attached hydrogens (tertiary/aromatic N) is 2. The van der Waals surface area contributed by atoms with E-state index in [1.54, 1.807) is 0 Å². The number of hydrogen-bond donors (Lipinski definition) is 1. The zero-order valence-corrected chi connectivity index (χ0v) is 13.2. The number of aryl methyl sites for hydroxylation is 3. The molecule has 0 aliphatic heterocycles. The average molecular weight is 269 g/mol. The maximum absolute atomic E-state index is 4.73. The summed E-state index contributed by atoms with van der Waals surface area (Å²) in [5.41, 5.74) is 5.98. The molecule has 0 bridgehead atoms. The molecule has 0 aliphatic carbocycles. The van der Waals surface area contributed by atoms with Gasteiger partial charge in [-0.3, -0.25) is 0 Å². The molecule has 1 aromatic heterocycles. The van der Waals surface area contributed by atoms with Crippen LogP contribution in [0.25, 0.3) is 11.4 Å². The van der Waals surface area contributed by atoms with Crippen molar-refractivity contribution in [2.45, 2.75) is 40.5 Å². The Morgan fingerprint density at radius 2 is 1.55 bits per heavy atom. The van der Waals surface area contributed by atoms with E-state index in [2.05, 4.69) is 57.1 Å². The summed E-state index contributed by atoms with van der Waals surface area (Å²) < 4.78 is 0. The van der Waals surface area contributed by atoms with Gasteiger partial charge in [-0.1, -0.05) is 19.9 Å². The van der Waals surface area contributed by atoms with Crippen LogP contribution in [0.15, 0.2) is 18.2 Å². The van der Waals surface area contributed by atoms with E-state index in [-0.39, 0.29) is 0 Å². The average Bonchev–Trinajstić information content (AvgIpc) is 2.42. The minimum absolute atomic E-state index is 0.385. The lowest BCUT2D eigenvalue weighted by molar-refractivity contribution is 0.817. The van der Waals surface area contributed by atoms with E-state index in [1.807, 2.05) is 13.1 Å². The predicted octanol–water partition coefficient (Wildman–Crippen LogP) is 4.23. The fraction of sp³-hybridized carbons (Fsp3) is 0.412. The Morgan fingerprint density at radius 3 is 2.15 bits per heavy atom. The third kappa shape index (κ3) is 2.82. The minimum Gasteiger partial charge on any atom is -0.373 e. The summed E-state index contributed by atoms with van der Waals surface area (Å²) in [6.07, 6.45) is 0. The van der Waals surface area contributed by atoms with Crippen LogP contribution in [-0.2, 0) is 0 Å². The number of aromatic nitrogens is 2. The molecule has 3 nitrogen and oxygen atoms in total. The first-order valence-electron chi connectivity index (χ1n) is 7.07. The summed E-state index contributed by atoms with van der Waals surface area (Å²) in [5, 5.41) is 3.13. The normalized spacial score (nSPS) is 10.9. The van der Waals surface area contributed by atoms with E-state index in [9.17, 15) is 0 Å². The first-order chi connectivity index (χ1) is 9.42. The molecule has 2 rings (SSSR count). The molecule has 0 fully saturated rings. The fourth-order valence-electron chi connectivity index (χ4n) is 2.21. The van der Waals surface area contributed by atoms with Gasteiger partial charge in [-0.2, -0.15) is 0 Å². The lowest BCUT2D eigenvalue weighted by atomic mass is 10.00. The summed E-state index contributed by atoms with van der Waals surface area (Å²) >= 11 is 0. The number of benzene rings is 1. The molecular formula is C17H23N3. The van der Waals surface area contributed by atoms with E-state index in [1.165, 1.54) is 16.7 Å². The van der Waals surface area contributed by atoms with Crippen molar-refractivity contribution in [3.8, 4) is 11.4 Å². The van der Waals surface area contributed by atoms with Crippen molar-refractivity contribution in [1.29, 1.82) is 0 Å². The quantitative estimate of drug-likeness (QED) is 0.906. The van der Waals surface area contributed by atoms with E-state index in [4.69, 9.17) is 4.98 Å². The second-order valence-corrected chi connectivity index (χ2v) is 5.66. The molecule has 0 spiro atoms. The van der Waals surface area contributed by atoms with Crippen LogP contribution in [0.4, 0.5) is 5.82 Å². The topological polar surface area (TPSA) is 37.8 Å². The summed E-state index contributed by atoms with van der Waals surface area (Å²) in [4.78, 5) is 9.35. The van der Waals surface area contributed by atoms with Gasteiger partial charge in [0, 0.05) is 24.4 Å². The number of anilines is 1. The first-order valence-corrected chi connectivity index (χ1v) is 7.07. The van der Waals surface area contributed by atoms with Gasteiger partial charge in [0.15, 0.2) is 5.82 Å². The van der Waals surface area contributed by atoms with Crippen molar-refractivity contribution in [1.82, 2.24) is 9.97 Å². The second-order valence-electron chi connectivity index (χ2n) is 5.66. The van der Waals surface area contributed by atoms with Gasteiger partial charge < -0.3 is 5.32 Å². The van der Waals surface area contributed by atoms with Gasteiger partial charge in [0.1, 0.15) is 5.82 Å². The van der Waals surface area contributed by atoms with Gasteiger partial charge in [-0.25, -0.2) is 9.97 Å². The van der Waals surface area contributed by atoms with Gasteiger partial charge >= 0.3 is 0 Å². The number of hydrogen-bond acceptors (Lipinski definition) is 3. The van der Waals surface area contributed by atoms with Gasteiger partial charge in [-0.05, 0) is 49.4 Å². The lowest BCUT2D eigenvalue weighted by Gasteiger charge is -2.13. The van der Waals surface area contributed by atoms with E-state index in [0.29, 0.717) is 5.92 Å². The Balaban J connectivity index is 2.62. The zero-order valence-electron chi connectivity index (χ0n) is 13.2. The Morgan fingerprint density at radius 1 is 0.900 bits per heavy atom. The summed E-state index contributed by atoms with van der Waals surface area (Å²) in [6.45, 7) is 10.7. The molecule has 0 aliphatic rings. The zero-order chi connectivity index (χ0) is 14.9. The van der Waals surface area contributed by atoms with Gasteiger partial charge in [0.05, 0.1) is 0 Å². The first kappa shape index (κ1) is 14.5. The van der Waals surface area contributed by atoms with Crippen LogP contribution in [0.3, 0.4) is 0 Å². The number of rotatable bonds is 3. The van der Waals surface area contributed by atoms with Crippen LogP contribution in [0, 0.1) is 20.8 Å². The standard InChI is InChI=1S/C17H23N3/c1-10(2)15-9-16(18-6)20-17(19-15)14-8-12(4)11(3)7-13(14)5/h7-10H,1-6H3,(H,18,19,20). The van der Waals surface area contributed by atoms with Crippen LogP contribution < -0.4 is 5.32 Å². The third-order valence-corrected chi connectivity index (χ3v) is 3.68. The molecule has 0 atom stereocenters. The molecule has 0 saturated carbocycles. The lowest BCUT2D eigenvalue weighted by Crippen LogP contribution is -2.03. The minimum atomic E-state index is 0.385. The Bertz CT molecular complexity index is 630. The predicted molar refractivity (Wildman–Crippen MR) is 85.3 cm³/mol. The van der Waals surface area contributed by atoms with E-state index >= 15 is 0 Å². The van der Waals surface area contributed by atoms with Gasteiger partial charge in [0.25, 0.3) is 0 Å². The fourth-order valence-corrected chi connectivity index (χ4v) is 2.21. The molecule has 1 aromatic carbocycles. The Labute approximate surface area is 121 Å². The molecule has 0 radical (unpaired) electrons. The highest BCUT2D eigenvalue weighted by Gasteiger charge is 2.12. The maximum atomic E-state index is 4.73. The molecule has 0 saturated heterocycles. The highest BCUT2D eigenvalue weighted by Crippen LogP contribution is 2.26. The molecule has 1 N–H and O–H groups in total. The van der Waals surface area contributed by atoms with Crippen LogP contribution in [-0.4, -0.2) is 17.0 Å². The molecule has 0 amide bonds. The van der Waals surface area contributed by atoms with Gasteiger partial charge in [-0.15, -0.1) is 0 Å². The van der Waals surface area contributed by atoms with Crippen molar-refractivity contribution in [3.63, 3.8) is 0 Å². The third-order valence-electron chi connectivity index (χ3n) is 3.68. The van der Waals surface area contributed by atoms with Crippen molar-refractivity contribution in [2.75, 3.05) is 12.4 Å². The highest BCUT2D eigenvalue weighted by atomic mass is 15.0. The molecule has 20 heavy (non-hydrogen) atoms. The summed E-state index contributed by atoms with van der Waals surface area (Å²) in [6, 6.07) is 6.41. The largest absolute Gasteiger partial charge is 0.373 e. The van der Waals surface area contributed by atoms with E-state index in [0.717, 1.165) is 22.9 Å². The van der Waals surface area contributed by atoms with Crippen molar-refractivity contribution < 1.29 is 0 Å².